The van der Waals surface area contributed by atoms with E-state index in [0.29, 0.717) is 12.1 Å². The topological polar surface area (TPSA) is 20.2 Å². The van der Waals surface area contributed by atoms with Gasteiger partial charge in [0.1, 0.15) is 6.04 Å². The second kappa shape index (κ2) is 4.25. The lowest BCUT2D eigenvalue weighted by atomic mass is 9.96. The third-order valence-electron chi connectivity index (χ3n) is 3.55. The van der Waals surface area contributed by atoms with Gasteiger partial charge in [-0.3, -0.25) is 4.48 Å². The maximum absolute atomic E-state index is 9.54. The summed E-state index contributed by atoms with van der Waals surface area (Å²) < 4.78 is 0.823. The van der Waals surface area contributed by atoms with E-state index in [1.165, 1.54) is 19.3 Å². The fraction of sp³-hybridized carbons (Fsp3) is 0.818. The second-order valence-corrected chi connectivity index (χ2v) is 4.36. The van der Waals surface area contributed by atoms with Crippen molar-refractivity contribution in [3.63, 3.8) is 0 Å². The number of rotatable bonds is 3. The monoisotopic (exact) mass is 184 g/mol. The summed E-state index contributed by atoms with van der Waals surface area (Å²) in [5.41, 5.74) is 0. The summed E-state index contributed by atoms with van der Waals surface area (Å²) in [7, 11) is 0. The first-order valence-corrected chi connectivity index (χ1v) is 5.27. The van der Waals surface area contributed by atoms with Crippen molar-refractivity contribution >= 4 is 0 Å². The fourth-order valence-corrected chi connectivity index (χ4v) is 2.49. The summed E-state index contributed by atoms with van der Waals surface area (Å²) in [6, 6.07) is 0.951. The molecule has 1 fully saturated rings. The van der Waals surface area contributed by atoms with E-state index in [4.69, 9.17) is 0 Å². The van der Waals surface area contributed by atoms with Crippen LogP contribution in [0.15, 0.2) is 12.7 Å². The molecule has 0 bridgehead atoms. The maximum atomic E-state index is 9.54. The van der Waals surface area contributed by atoms with Gasteiger partial charge in [-0.2, -0.15) is 0 Å². The molecule has 0 aromatic rings. The number of hydrogen-bond acceptors (Lipinski definition) is 1. The van der Waals surface area contributed by atoms with Gasteiger partial charge in [0.25, 0.3) is 0 Å². The Labute approximate surface area is 81.5 Å². The fourth-order valence-electron chi connectivity index (χ4n) is 2.49. The molecule has 2 unspecified atom stereocenters. The lowest BCUT2D eigenvalue weighted by Crippen LogP contribution is -2.61. The van der Waals surface area contributed by atoms with Gasteiger partial charge in [0.2, 0.25) is 0 Å². The molecule has 0 radical (unpaired) electrons. The molecule has 0 amide bonds. The van der Waals surface area contributed by atoms with E-state index >= 15 is 0 Å². The van der Waals surface area contributed by atoms with Gasteiger partial charge < -0.3 is 5.11 Å². The van der Waals surface area contributed by atoms with Crippen molar-refractivity contribution in [1.29, 1.82) is 0 Å². The molecule has 1 saturated heterocycles. The molecule has 1 heterocycles. The van der Waals surface area contributed by atoms with Crippen LogP contribution in [0.25, 0.3) is 0 Å². The molecule has 1 aliphatic heterocycles. The molecule has 76 valence electrons. The smallest absolute Gasteiger partial charge is 0.180 e. The highest BCUT2D eigenvalue weighted by atomic mass is 16.3. The number of aliphatic hydroxyl groups is 1. The molecule has 1 N–H and O–H groups in total. The van der Waals surface area contributed by atoms with Gasteiger partial charge in [-0.25, -0.2) is 0 Å². The minimum atomic E-state index is 0.258. The van der Waals surface area contributed by atoms with Gasteiger partial charge in [0, 0.05) is 6.42 Å². The van der Waals surface area contributed by atoms with E-state index < -0.39 is 0 Å². The molecule has 13 heavy (non-hydrogen) atoms. The van der Waals surface area contributed by atoms with Crippen LogP contribution in [0.1, 0.15) is 33.1 Å². The SMILES string of the molecule is C=CC1CCCC[N+]1(CO)C(C)C. The van der Waals surface area contributed by atoms with Gasteiger partial charge >= 0.3 is 0 Å². The van der Waals surface area contributed by atoms with Crippen molar-refractivity contribution in [2.45, 2.75) is 45.2 Å². The Hall–Kier alpha value is -0.340. The maximum Gasteiger partial charge on any atom is 0.180 e. The zero-order chi connectivity index (χ0) is 9.90. The number of quaternary nitrogens is 1. The van der Waals surface area contributed by atoms with Crippen molar-refractivity contribution < 1.29 is 9.59 Å². The first kappa shape index (κ1) is 10.7. The average Bonchev–Trinajstić information content (AvgIpc) is 2.17. The quantitative estimate of drug-likeness (QED) is 0.524. The molecule has 1 aliphatic rings. The Morgan fingerprint density at radius 2 is 2.23 bits per heavy atom. The lowest BCUT2D eigenvalue weighted by Gasteiger charge is -2.48. The van der Waals surface area contributed by atoms with Crippen LogP contribution < -0.4 is 0 Å². The van der Waals surface area contributed by atoms with E-state index in [-0.39, 0.29) is 6.73 Å². The summed E-state index contributed by atoms with van der Waals surface area (Å²) in [6.07, 6.45) is 5.73. The van der Waals surface area contributed by atoms with Crippen molar-refractivity contribution in [2.75, 3.05) is 13.3 Å². The van der Waals surface area contributed by atoms with E-state index in [1.54, 1.807) is 0 Å². The van der Waals surface area contributed by atoms with Crippen LogP contribution in [0.4, 0.5) is 0 Å². The van der Waals surface area contributed by atoms with Gasteiger partial charge in [0.05, 0.1) is 12.6 Å². The summed E-state index contributed by atoms with van der Waals surface area (Å²) >= 11 is 0. The molecule has 2 nitrogen and oxygen atoms in total. The highest BCUT2D eigenvalue weighted by molar-refractivity contribution is 4.83. The molecule has 2 heteroatoms. The summed E-state index contributed by atoms with van der Waals surface area (Å²) in [4.78, 5) is 0. The van der Waals surface area contributed by atoms with Crippen LogP contribution in [0.5, 0.6) is 0 Å². The summed E-state index contributed by atoms with van der Waals surface area (Å²) in [5.74, 6) is 0. The minimum absolute atomic E-state index is 0.258. The number of nitrogens with zero attached hydrogens (tertiary/aromatic N) is 1. The third-order valence-corrected chi connectivity index (χ3v) is 3.55. The molecule has 0 saturated carbocycles. The standard InChI is InChI=1S/C11H22NO/c1-4-11-7-5-6-8-12(11,9-13)10(2)3/h4,10-11,13H,1,5-9H2,2-3H3/q+1. The number of aliphatic hydroxyl groups excluding tert-OH is 1. The van der Waals surface area contributed by atoms with E-state index in [0.717, 1.165) is 11.0 Å². The molecular formula is C11H22NO+. The lowest BCUT2D eigenvalue weighted by molar-refractivity contribution is -0.983. The highest BCUT2D eigenvalue weighted by Crippen LogP contribution is 2.28. The molecule has 2 atom stereocenters. The van der Waals surface area contributed by atoms with E-state index in [2.05, 4.69) is 20.4 Å². The van der Waals surface area contributed by atoms with Gasteiger partial charge in [-0.15, -0.1) is 0 Å². The first-order chi connectivity index (χ1) is 6.17. The predicted octanol–water partition coefficient (Wildman–Crippen LogP) is 1.90. The third kappa shape index (κ3) is 1.79. The number of hydrogen-bond donors (Lipinski definition) is 1. The van der Waals surface area contributed by atoms with Crippen LogP contribution >= 0.6 is 0 Å². The van der Waals surface area contributed by atoms with Crippen LogP contribution in [0.2, 0.25) is 0 Å². The number of piperidine rings is 1. The zero-order valence-electron chi connectivity index (χ0n) is 8.87. The Morgan fingerprint density at radius 3 is 2.62 bits per heavy atom. The molecule has 1 rings (SSSR count). The average molecular weight is 184 g/mol. The highest BCUT2D eigenvalue weighted by Gasteiger charge is 2.39. The van der Waals surface area contributed by atoms with Crippen molar-refractivity contribution in [3.8, 4) is 0 Å². The zero-order valence-corrected chi connectivity index (χ0v) is 8.87. The Kier molecular flexibility index (Phi) is 3.51. The molecule has 0 aliphatic carbocycles. The van der Waals surface area contributed by atoms with Crippen LogP contribution in [-0.2, 0) is 0 Å². The minimum Gasteiger partial charge on any atom is -0.347 e. The second-order valence-electron chi connectivity index (χ2n) is 4.36. The van der Waals surface area contributed by atoms with Crippen molar-refractivity contribution in [1.82, 2.24) is 0 Å². The van der Waals surface area contributed by atoms with Crippen LogP contribution in [0, 0.1) is 0 Å². The van der Waals surface area contributed by atoms with Crippen molar-refractivity contribution in [3.05, 3.63) is 12.7 Å². The number of likely N-dealkylation sites (tertiary alicyclic amines) is 1. The molecule has 0 aromatic carbocycles. The summed E-state index contributed by atoms with van der Waals surface area (Å²) in [5, 5.41) is 9.54. The van der Waals surface area contributed by atoms with E-state index in [9.17, 15) is 5.11 Å². The molecule has 0 spiro atoms. The van der Waals surface area contributed by atoms with Gasteiger partial charge in [-0.05, 0) is 32.8 Å². The van der Waals surface area contributed by atoms with Crippen LogP contribution in [-0.4, -0.2) is 34.9 Å². The molecule has 0 aromatic heterocycles. The van der Waals surface area contributed by atoms with Crippen LogP contribution in [0.3, 0.4) is 0 Å². The Morgan fingerprint density at radius 1 is 1.54 bits per heavy atom. The van der Waals surface area contributed by atoms with Crippen molar-refractivity contribution in [2.24, 2.45) is 0 Å². The Balaban J connectivity index is 2.84. The first-order valence-electron chi connectivity index (χ1n) is 5.27. The Bertz CT molecular complexity index is 179. The normalized spacial score (nSPS) is 34.9. The van der Waals surface area contributed by atoms with E-state index in [1.807, 2.05) is 6.08 Å². The van der Waals surface area contributed by atoms with Gasteiger partial charge in [0.15, 0.2) is 6.73 Å². The largest absolute Gasteiger partial charge is 0.347 e. The molecular weight excluding hydrogens is 162 g/mol. The summed E-state index contributed by atoms with van der Waals surface area (Å²) in [6.45, 7) is 9.63. The van der Waals surface area contributed by atoms with Gasteiger partial charge in [-0.1, -0.05) is 6.58 Å². The predicted molar refractivity (Wildman–Crippen MR) is 55.2 cm³/mol.